The van der Waals surface area contributed by atoms with Gasteiger partial charge in [0.1, 0.15) is 0 Å². The maximum atomic E-state index is 12.3. The van der Waals surface area contributed by atoms with Gasteiger partial charge in [-0.3, -0.25) is 4.68 Å². The smallest absolute Gasteiger partial charge is 0.307 e. The molecule has 3 nitrogen and oxygen atoms in total. The van der Waals surface area contributed by atoms with Gasteiger partial charge in [0.15, 0.2) is 0 Å². The van der Waals surface area contributed by atoms with Gasteiger partial charge in [0.2, 0.25) is 0 Å². The second kappa shape index (κ2) is 5.76. The molecule has 1 rings (SSSR count). The zero-order valence-corrected chi connectivity index (χ0v) is 13.0. The Labute approximate surface area is 118 Å². The largest absolute Gasteiger partial charge is 0.390 e. The molecule has 0 radical (unpaired) electrons. The molecular formula is C14H24F3N3. The molecule has 1 aromatic rings. The van der Waals surface area contributed by atoms with Gasteiger partial charge in [-0.1, -0.05) is 0 Å². The molecule has 0 aliphatic heterocycles. The third-order valence-corrected chi connectivity index (χ3v) is 3.16. The molecule has 1 N–H and O–H groups in total. The summed E-state index contributed by atoms with van der Waals surface area (Å²) in [4.78, 5) is 0. The molecule has 0 saturated carbocycles. The molecule has 0 aromatic carbocycles. The Hall–Kier alpha value is -1.04. The lowest BCUT2D eigenvalue weighted by molar-refractivity contribution is -0.139. The summed E-state index contributed by atoms with van der Waals surface area (Å²) >= 11 is 0. The van der Waals surface area contributed by atoms with E-state index in [4.69, 9.17) is 0 Å². The van der Waals surface area contributed by atoms with E-state index in [1.54, 1.807) is 6.92 Å². The summed E-state index contributed by atoms with van der Waals surface area (Å²) in [7, 11) is 0. The molecule has 2 atom stereocenters. The van der Waals surface area contributed by atoms with Gasteiger partial charge in [0.25, 0.3) is 0 Å². The summed E-state index contributed by atoms with van der Waals surface area (Å²) in [6.07, 6.45) is -3.06. The number of nitrogens with one attached hydrogen (secondary N) is 1. The average Bonchev–Trinajstić information content (AvgIpc) is 2.56. The predicted molar refractivity (Wildman–Crippen MR) is 73.6 cm³/mol. The quantitative estimate of drug-likeness (QED) is 0.910. The average molecular weight is 291 g/mol. The minimum atomic E-state index is -4.14. The Morgan fingerprint density at radius 1 is 1.25 bits per heavy atom. The van der Waals surface area contributed by atoms with Crippen LogP contribution in [0.25, 0.3) is 0 Å². The van der Waals surface area contributed by atoms with Crippen LogP contribution in [0.1, 0.15) is 58.3 Å². The standard InChI is InChI=1S/C14H24F3N3/c1-9(7-14(15,16)17)18-10(2)12-8-20(13(4,5)6)19-11(12)3/h8-10,18H,7H2,1-6H3/t9-,10+/m0/s1. The Morgan fingerprint density at radius 2 is 1.80 bits per heavy atom. The summed E-state index contributed by atoms with van der Waals surface area (Å²) in [6, 6.07) is -0.786. The highest BCUT2D eigenvalue weighted by Crippen LogP contribution is 2.25. The van der Waals surface area contributed by atoms with Crippen molar-refractivity contribution in [3.63, 3.8) is 0 Å². The second-order valence-electron chi connectivity index (χ2n) is 6.39. The fourth-order valence-corrected chi connectivity index (χ4v) is 2.16. The van der Waals surface area contributed by atoms with E-state index >= 15 is 0 Å². The number of alkyl halides is 3. The highest BCUT2D eigenvalue weighted by Gasteiger charge is 2.30. The van der Waals surface area contributed by atoms with E-state index in [-0.39, 0.29) is 11.6 Å². The molecule has 0 spiro atoms. The Kier molecular flexibility index (Phi) is 4.90. The van der Waals surface area contributed by atoms with E-state index in [1.807, 2.05) is 45.5 Å². The molecule has 0 aliphatic rings. The molecule has 20 heavy (non-hydrogen) atoms. The summed E-state index contributed by atoms with van der Waals surface area (Å²) in [6.45, 7) is 11.4. The van der Waals surface area contributed by atoms with Crippen molar-refractivity contribution < 1.29 is 13.2 Å². The minimum absolute atomic E-state index is 0.139. The van der Waals surface area contributed by atoms with E-state index in [1.165, 1.54) is 0 Å². The second-order valence-corrected chi connectivity index (χ2v) is 6.39. The zero-order valence-electron chi connectivity index (χ0n) is 13.0. The van der Waals surface area contributed by atoms with Crippen molar-refractivity contribution in [3.8, 4) is 0 Å². The van der Waals surface area contributed by atoms with Crippen LogP contribution in [0.3, 0.4) is 0 Å². The van der Waals surface area contributed by atoms with Gasteiger partial charge in [0.05, 0.1) is 17.7 Å². The summed E-state index contributed by atoms with van der Waals surface area (Å²) in [5.41, 5.74) is 1.65. The predicted octanol–water partition coefficient (Wildman–Crippen LogP) is 3.94. The van der Waals surface area contributed by atoms with Gasteiger partial charge in [-0.05, 0) is 41.5 Å². The topological polar surface area (TPSA) is 29.9 Å². The normalized spacial score (nSPS) is 16.2. The lowest BCUT2D eigenvalue weighted by Crippen LogP contribution is -2.33. The van der Waals surface area contributed by atoms with Gasteiger partial charge in [-0.2, -0.15) is 18.3 Å². The van der Waals surface area contributed by atoms with Crippen molar-refractivity contribution in [2.75, 3.05) is 0 Å². The first-order valence-corrected chi connectivity index (χ1v) is 6.79. The fourth-order valence-electron chi connectivity index (χ4n) is 2.16. The number of nitrogens with zero attached hydrogens (tertiary/aromatic N) is 2. The number of hydrogen-bond donors (Lipinski definition) is 1. The van der Waals surface area contributed by atoms with E-state index in [0.717, 1.165) is 11.3 Å². The maximum Gasteiger partial charge on any atom is 0.390 e. The first-order chi connectivity index (χ1) is 8.90. The van der Waals surface area contributed by atoms with Crippen molar-refractivity contribution in [1.82, 2.24) is 15.1 Å². The van der Waals surface area contributed by atoms with Gasteiger partial charge >= 0.3 is 6.18 Å². The Morgan fingerprint density at radius 3 is 2.20 bits per heavy atom. The van der Waals surface area contributed by atoms with E-state index in [0.29, 0.717) is 0 Å². The van der Waals surface area contributed by atoms with E-state index in [9.17, 15) is 13.2 Å². The molecule has 1 aromatic heterocycles. The van der Waals surface area contributed by atoms with Crippen LogP contribution in [0, 0.1) is 6.92 Å². The molecule has 0 fully saturated rings. The van der Waals surface area contributed by atoms with E-state index in [2.05, 4.69) is 10.4 Å². The first kappa shape index (κ1) is 17.0. The van der Waals surface area contributed by atoms with Gasteiger partial charge < -0.3 is 5.32 Å². The fraction of sp³-hybridized carbons (Fsp3) is 0.786. The highest BCUT2D eigenvalue weighted by molar-refractivity contribution is 5.20. The molecule has 0 aliphatic carbocycles. The van der Waals surface area contributed by atoms with Crippen LogP contribution in [-0.2, 0) is 5.54 Å². The number of hydrogen-bond acceptors (Lipinski definition) is 2. The van der Waals surface area contributed by atoms with Crippen LogP contribution >= 0.6 is 0 Å². The van der Waals surface area contributed by atoms with Crippen LogP contribution in [0.15, 0.2) is 6.20 Å². The molecule has 0 bridgehead atoms. The summed E-state index contributed by atoms with van der Waals surface area (Å²) in [5.74, 6) is 0. The SMILES string of the molecule is Cc1nn(C(C)(C)C)cc1[C@@H](C)N[C@@H](C)CC(F)(F)F. The third-order valence-electron chi connectivity index (χ3n) is 3.16. The Balaban J connectivity index is 2.78. The monoisotopic (exact) mass is 291 g/mol. The van der Waals surface area contributed by atoms with Gasteiger partial charge in [-0.15, -0.1) is 0 Å². The van der Waals surface area contributed by atoms with Crippen LogP contribution in [0.5, 0.6) is 0 Å². The zero-order chi connectivity index (χ0) is 15.7. The Bertz CT molecular complexity index is 443. The van der Waals surface area contributed by atoms with Crippen LogP contribution in [0.4, 0.5) is 13.2 Å². The number of aryl methyl sites for hydroxylation is 1. The number of aromatic nitrogens is 2. The lowest BCUT2D eigenvalue weighted by atomic mass is 10.1. The first-order valence-electron chi connectivity index (χ1n) is 6.79. The van der Waals surface area contributed by atoms with Crippen molar-refractivity contribution in [1.29, 1.82) is 0 Å². The highest BCUT2D eigenvalue weighted by atomic mass is 19.4. The number of halogens is 3. The van der Waals surface area contributed by atoms with Gasteiger partial charge in [-0.25, -0.2) is 0 Å². The van der Waals surface area contributed by atoms with Crippen LogP contribution < -0.4 is 5.32 Å². The molecule has 6 heteroatoms. The lowest BCUT2D eigenvalue weighted by Gasteiger charge is -2.21. The summed E-state index contributed by atoms with van der Waals surface area (Å²) < 4.78 is 38.9. The molecule has 1 heterocycles. The molecule has 0 amide bonds. The molecule has 0 unspecified atom stereocenters. The van der Waals surface area contributed by atoms with Gasteiger partial charge in [0, 0.05) is 23.8 Å². The van der Waals surface area contributed by atoms with Crippen molar-refractivity contribution in [3.05, 3.63) is 17.5 Å². The van der Waals surface area contributed by atoms with Crippen LogP contribution in [0.2, 0.25) is 0 Å². The molecule has 0 saturated heterocycles. The molecule has 116 valence electrons. The maximum absolute atomic E-state index is 12.3. The molecular weight excluding hydrogens is 267 g/mol. The van der Waals surface area contributed by atoms with Crippen molar-refractivity contribution >= 4 is 0 Å². The van der Waals surface area contributed by atoms with Crippen molar-refractivity contribution in [2.45, 2.75) is 71.8 Å². The summed E-state index contributed by atoms with van der Waals surface area (Å²) in [5, 5.41) is 7.42. The van der Waals surface area contributed by atoms with Crippen LogP contribution in [-0.4, -0.2) is 22.0 Å². The third kappa shape index (κ3) is 4.81. The number of rotatable bonds is 4. The minimum Gasteiger partial charge on any atom is -0.307 e. The van der Waals surface area contributed by atoms with Crippen molar-refractivity contribution in [2.24, 2.45) is 0 Å². The van der Waals surface area contributed by atoms with E-state index < -0.39 is 18.6 Å².